The molecule has 11 heteroatoms. The highest BCUT2D eigenvalue weighted by atomic mass is 32.2. The van der Waals surface area contributed by atoms with Gasteiger partial charge in [0.15, 0.2) is 6.19 Å². The Morgan fingerprint density at radius 1 is 1.00 bits per heavy atom. The highest BCUT2D eigenvalue weighted by molar-refractivity contribution is 7.89. The molecule has 37 heavy (non-hydrogen) atoms. The zero-order chi connectivity index (χ0) is 26.6. The normalized spacial score (nSPS) is 17.3. The number of alkyl halides is 3. The van der Waals surface area contributed by atoms with Gasteiger partial charge in [0.05, 0.1) is 22.2 Å². The zero-order valence-electron chi connectivity index (χ0n) is 19.9. The molecule has 0 aliphatic carbocycles. The Bertz CT molecular complexity index is 1440. The van der Waals surface area contributed by atoms with Crippen molar-refractivity contribution in [2.75, 3.05) is 19.6 Å². The Kier molecular flexibility index (Phi) is 7.52. The van der Waals surface area contributed by atoms with Crippen molar-refractivity contribution in [1.29, 1.82) is 5.26 Å². The third-order valence-corrected chi connectivity index (χ3v) is 8.07. The summed E-state index contributed by atoms with van der Waals surface area (Å²) in [4.78, 5) is 5.52. The summed E-state index contributed by atoms with van der Waals surface area (Å²) in [5, 5.41) is 11.9. The van der Waals surface area contributed by atoms with E-state index in [1.807, 2.05) is 31.3 Å². The van der Waals surface area contributed by atoms with E-state index < -0.39 is 32.7 Å². The van der Waals surface area contributed by atoms with Gasteiger partial charge in [-0.25, -0.2) is 13.4 Å². The summed E-state index contributed by atoms with van der Waals surface area (Å²) in [7, 11) is -4.54. The molecule has 1 heterocycles. The molecule has 0 spiro atoms. The SMILES string of the molecule is Cc1ccccc1N=C(NC#N)N1CCN(S(=O)(=O)c2ccccc2C(F)(F)F)C(c2ccccc2)C1. The number of sulfonamides is 1. The molecule has 1 unspecified atom stereocenters. The minimum absolute atomic E-state index is 0.0663. The van der Waals surface area contributed by atoms with Crippen LogP contribution in [-0.2, 0) is 16.2 Å². The van der Waals surface area contributed by atoms with E-state index in [-0.39, 0.29) is 25.6 Å². The Balaban J connectivity index is 1.76. The smallest absolute Gasteiger partial charge is 0.339 e. The van der Waals surface area contributed by atoms with Gasteiger partial charge in [-0.3, -0.25) is 5.32 Å². The van der Waals surface area contributed by atoms with E-state index in [4.69, 9.17) is 0 Å². The number of nitrogens with zero attached hydrogens (tertiary/aromatic N) is 4. The molecule has 1 N–H and O–H groups in total. The van der Waals surface area contributed by atoms with Crippen LogP contribution in [-0.4, -0.2) is 43.2 Å². The van der Waals surface area contributed by atoms with Crippen LogP contribution in [0.2, 0.25) is 0 Å². The van der Waals surface area contributed by atoms with Crippen molar-refractivity contribution >= 4 is 21.7 Å². The Morgan fingerprint density at radius 2 is 1.65 bits per heavy atom. The lowest BCUT2D eigenvalue weighted by molar-refractivity contribution is -0.139. The van der Waals surface area contributed by atoms with Crippen molar-refractivity contribution in [3.8, 4) is 6.19 Å². The molecule has 1 fully saturated rings. The predicted octanol–water partition coefficient (Wildman–Crippen LogP) is 4.82. The van der Waals surface area contributed by atoms with Crippen molar-refractivity contribution in [3.05, 3.63) is 95.6 Å². The molecule has 1 aliphatic rings. The van der Waals surface area contributed by atoms with Gasteiger partial charge < -0.3 is 4.90 Å². The van der Waals surface area contributed by atoms with Gasteiger partial charge in [-0.2, -0.15) is 22.7 Å². The minimum Gasteiger partial charge on any atom is -0.339 e. The molecule has 3 aromatic rings. The summed E-state index contributed by atoms with van der Waals surface area (Å²) in [6.07, 6.45) is -2.96. The van der Waals surface area contributed by atoms with Crippen LogP contribution >= 0.6 is 0 Å². The fourth-order valence-electron chi connectivity index (χ4n) is 4.28. The van der Waals surface area contributed by atoms with Gasteiger partial charge in [-0.05, 0) is 36.2 Å². The van der Waals surface area contributed by atoms with Gasteiger partial charge in [-0.1, -0.05) is 60.7 Å². The first kappa shape index (κ1) is 26.2. The number of benzene rings is 3. The summed E-state index contributed by atoms with van der Waals surface area (Å²) in [6.45, 7) is 1.93. The van der Waals surface area contributed by atoms with Gasteiger partial charge in [0, 0.05) is 19.6 Å². The fourth-order valence-corrected chi connectivity index (χ4v) is 6.09. The summed E-state index contributed by atoms with van der Waals surface area (Å²) >= 11 is 0. The molecule has 1 atom stereocenters. The summed E-state index contributed by atoms with van der Waals surface area (Å²) in [6, 6.07) is 19.4. The van der Waals surface area contributed by atoms with Crippen LogP contribution in [0.15, 0.2) is 88.8 Å². The van der Waals surface area contributed by atoms with Gasteiger partial charge in [0.25, 0.3) is 0 Å². The van der Waals surface area contributed by atoms with Crippen LogP contribution in [0.3, 0.4) is 0 Å². The molecule has 1 saturated heterocycles. The van der Waals surface area contributed by atoms with E-state index >= 15 is 0 Å². The van der Waals surface area contributed by atoms with Crippen LogP contribution in [0, 0.1) is 18.4 Å². The first-order valence-electron chi connectivity index (χ1n) is 11.4. The van der Waals surface area contributed by atoms with Crippen molar-refractivity contribution < 1.29 is 21.6 Å². The number of piperazine rings is 1. The van der Waals surface area contributed by atoms with Gasteiger partial charge in [0.1, 0.15) is 0 Å². The van der Waals surface area contributed by atoms with Gasteiger partial charge in [0.2, 0.25) is 16.0 Å². The van der Waals surface area contributed by atoms with E-state index in [0.717, 1.165) is 28.1 Å². The molecule has 192 valence electrons. The number of hydrogen-bond acceptors (Lipinski definition) is 4. The van der Waals surface area contributed by atoms with Crippen molar-refractivity contribution in [2.45, 2.75) is 24.0 Å². The molecule has 0 amide bonds. The average Bonchev–Trinajstić information content (AvgIpc) is 2.89. The lowest BCUT2D eigenvalue weighted by Gasteiger charge is -2.41. The monoisotopic (exact) mass is 527 g/mol. The van der Waals surface area contributed by atoms with Gasteiger partial charge >= 0.3 is 6.18 Å². The van der Waals surface area contributed by atoms with Crippen LogP contribution in [0.25, 0.3) is 0 Å². The highest BCUT2D eigenvalue weighted by Gasteiger charge is 2.43. The van der Waals surface area contributed by atoms with Crippen LogP contribution in [0.4, 0.5) is 18.9 Å². The first-order valence-corrected chi connectivity index (χ1v) is 12.8. The van der Waals surface area contributed by atoms with Crippen LogP contribution in [0.1, 0.15) is 22.7 Å². The number of hydrogen-bond donors (Lipinski definition) is 1. The maximum absolute atomic E-state index is 13.7. The average molecular weight is 528 g/mol. The molecular weight excluding hydrogens is 503 g/mol. The van der Waals surface area contributed by atoms with E-state index in [0.29, 0.717) is 11.3 Å². The third kappa shape index (κ3) is 5.60. The summed E-state index contributed by atoms with van der Waals surface area (Å²) in [5.41, 5.74) is 0.902. The molecule has 1 aliphatic heterocycles. The predicted molar refractivity (Wildman–Crippen MR) is 133 cm³/mol. The number of aliphatic imine (C=N–C) groups is 1. The van der Waals surface area contributed by atoms with Crippen molar-refractivity contribution in [2.24, 2.45) is 4.99 Å². The molecule has 0 bridgehead atoms. The zero-order valence-corrected chi connectivity index (χ0v) is 20.7. The van der Waals surface area contributed by atoms with E-state index in [1.54, 1.807) is 41.3 Å². The second kappa shape index (κ2) is 10.6. The van der Waals surface area contributed by atoms with Crippen molar-refractivity contribution in [1.82, 2.24) is 14.5 Å². The molecule has 0 saturated carbocycles. The number of nitrogens with one attached hydrogen (secondary N) is 1. The van der Waals surface area contributed by atoms with E-state index in [1.165, 1.54) is 6.07 Å². The highest BCUT2D eigenvalue weighted by Crippen LogP contribution is 2.38. The molecule has 4 rings (SSSR count). The lowest BCUT2D eigenvalue weighted by Crippen LogP contribution is -2.54. The third-order valence-electron chi connectivity index (χ3n) is 6.10. The maximum Gasteiger partial charge on any atom is 0.417 e. The quantitative estimate of drug-likeness (QED) is 0.228. The summed E-state index contributed by atoms with van der Waals surface area (Å²) in [5.74, 6) is 0.227. The van der Waals surface area contributed by atoms with Crippen LogP contribution < -0.4 is 5.32 Å². The number of rotatable bonds is 4. The van der Waals surface area contributed by atoms with Crippen molar-refractivity contribution in [3.63, 3.8) is 0 Å². The number of guanidine groups is 1. The molecular formula is C26H24F3N5O2S. The Hall–Kier alpha value is -3.88. The maximum atomic E-state index is 13.7. The fraction of sp³-hybridized carbons (Fsp3) is 0.231. The lowest BCUT2D eigenvalue weighted by atomic mass is 10.0. The number of halogens is 3. The van der Waals surface area contributed by atoms with E-state index in [2.05, 4.69) is 10.3 Å². The second-order valence-electron chi connectivity index (χ2n) is 8.44. The summed E-state index contributed by atoms with van der Waals surface area (Å²) < 4.78 is 69.6. The topological polar surface area (TPSA) is 88.8 Å². The second-order valence-corrected chi connectivity index (χ2v) is 10.3. The van der Waals surface area contributed by atoms with E-state index in [9.17, 15) is 26.9 Å². The Morgan fingerprint density at radius 3 is 2.32 bits per heavy atom. The molecule has 7 nitrogen and oxygen atoms in total. The number of para-hydroxylation sites is 1. The molecule has 0 aromatic heterocycles. The minimum atomic E-state index is -4.84. The van der Waals surface area contributed by atoms with Crippen LogP contribution in [0.5, 0.6) is 0 Å². The largest absolute Gasteiger partial charge is 0.417 e. The van der Waals surface area contributed by atoms with Gasteiger partial charge in [-0.15, -0.1) is 0 Å². The number of nitriles is 1. The molecule has 0 radical (unpaired) electrons. The standard InChI is InChI=1S/C26H24F3N5O2S/c1-19-9-5-7-13-22(19)32-25(31-18-30)33-15-16-34(23(17-33)20-10-3-2-4-11-20)37(35,36)24-14-8-6-12-21(24)26(27,28)29/h2-14,23H,15-17H2,1H3,(H,31,32). The first-order chi connectivity index (χ1) is 17.6. The number of aryl methyl sites for hydroxylation is 1. The molecule has 3 aromatic carbocycles. The Labute approximate surface area is 213 Å².